The van der Waals surface area contributed by atoms with E-state index in [1.807, 2.05) is 0 Å². The lowest BCUT2D eigenvalue weighted by Crippen LogP contribution is -2.37. The molecule has 0 fully saturated rings. The number of fused-ring (bicyclic) bond motifs is 1. The van der Waals surface area contributed by atoms with Crippen molar-refractivity contribution >= 4 is 16.8 Å². The minimum Gasteiger partial charge on any atom is -0.361 e. The van der Waals surface area contributed by atoms with Gasteiger partial charge >= 0.3 is 6.30 Å². The van der Waals surface area contributed by atoms with E-state index < -0.39 is 12.2 Å². The smallest absolute Gasteiger partial charge is 0.361 e. The van der Waals surface area contributed by atoms with E-state index in [9.17, 15) is 18.0 Å². The lowest BCUT2D eigenvalue weighted by molar-refractivity contribution is -0.146. The number of hydrogen-bond acceptors (Lipinski definition) is 1. The number of hydrogen-bond donors (Lipinski definition) is 2. The highest BCUT2D eigenvalue weighted by atomic mass is 19.4. The normalized spacial score (nSPS) is 11.7. The second-order valence-corrected chi connectivity index (χ2v) is 3.20. The molecule has 0 spiro atoms. The van der Waals surface area contributed by atoms with Crippen molar-refractivity contribution in [2.24, 2.45) is 0 Å². The molecule has 0 saturated heterocycles. The Morgan fingerprint density at radius 2 is 2.00 bits per heavy atom. The summed E-state index contributed by atoms with van der Waals surface area (Å²) in [5, 5.41) is 1.65. The van der Waals surface area contributed by atoms with E-state index in [0.717, 1.165) is 5.32 Å². The van der Waals surface area contributed by atoms with Gasteiger partial charge in [-0.15, -0.1) is 0 Å². The summed E-state index contributed by atoms with van der Waals surface area (Å²) >= 11 is 0. The first-order valence-corrected chi connectivity index (χ1v) is 4.43. The Labute approximate surface area is 88.3 Å². The van der Waals surface area contributed by atoms with E-state index in [1.165, 1.54) is 12.1 Å². The summed E-state index contributed by atoms with van der Waals surface area (Å²) < 4.78 is 35.9. The van der Waals surface area contributed by atoms with E-state index in [0.29, 0.717) is 10.9 Å². The molecule has 6 heteroatoms. The lowest BCUT2D eigenvalue weighted by atomic mass is 10.1. The predicted octanol–water partition coefficient (Wildman–Crippen LogP) is 2.42. The van der Waals surface area contributed by atoms with E-state index in [-0.39, 0.29) is 5.56 Å². The van der Waals surface area contributed by atoms with E-state index in [1.54, 1.807) is 18.3 Å². The number of benzene rings is 1. The highest BCUT2D eigenvalue weighted by molar-refractivity contribution is 6.05. The molecular weight excluding hydrogens is 221 g/mol. The van der Waals surface area contributed by atoms with Crippen molar-refractivity contribution in [1.82, 2.24) is 10.3 Å². The summed E-state index contributed by atoms with van der Waals surface area (Å²) in [5.74, 6) is -1.17. The molecule has 3 nitrogen and oxygen atoms in total. The molecule has 0 aliphatic carbocycles. The molecule has 0 aliphatic heterocycles. The van der Waals surface area contributed by atoms with Crippen LogP contribution in [0.2, 0.25) is 0 Å². The lowest BCUT2D eigenvalue weighted by Gasteiger charge is -2.08. The van der Waals surface area contributed by atoms with Crippen LogP contribution in [0.5, 0.6) is 0 Å². The van der Waals surface area contributed by atoms with Crippen LogP contribution < -0.4 is 5.32 Å². The van der Waals surface area contributed by atoms with Gasteiger partial charge in [0, 0.05) is 11.6 Å². The third kappa shape index (κ3) is 2.00. The largest absolute Gasteiger partial charge is 0.484 e. The summed E-state index contributed by atoms with van der Waals surface area (Å²) in [6.07, 6.45) is -3.15. The minimum atomic E-state index is -4.72. The van der Waals surface area contributed by atoms with Gasteiger partial charge in [-0.25, -0.2) is 0 Å². The summed E-state index contributed by atoms with van der Waals surface area (Å²) in [4.78, 5) is 14.0. The van der Waals surface area contributed by atoms with E-state index in [2.05, 4.69) is 4.98 Å². The van der Waals surface area contributed by atoms with Gasteiger partial charge in [0.2, 0.25) is 0 Å². The average Bonchev–Trinajstić information content (AvgIpc) is 2.61. The van der Waals surface area contributed by atoms with Crippen molar-refractivity contribution in [1.29, 1.82) is 0 Å². The molecule has 1 aromatic carbocycles. The third-order valence-electron chi connectivity index (χ3n) is 2.09. The number of rotatable bonds is 1. The van der Waals surface area contributed by atoms with Gasteiger partial charge in [-0.05, 0) is 12.1 Å². The second-order valence-electron chi connectivity index (χ2n) is 3.20. The zero-order valence-electron chi connectivity index (χ0n) is 7.93. The van der Waals surface area contributed by atoms with Crippen molar-refractivity contribution in [3.05, 3.63) is 36.0 Å². The number of para-hydroxylation sites is 1. The molecule has 0 aliphatic rings. The van der Waals surface area contributed by atoms with Crippen LogP contribution >= 0.6 is 0 Å². The topological polar surface area (TPSA) is 44.9 Å². The Balaban J connectivity index is 2.40. The van der Waals surface area contributed by atoms with Crippen LogP contribution in [-0.4, -0.2) is 17.2 Å². The highest BCUT2D eigenvalue weighted by Crippen LogP contribution is 2.18. The zero-order valence-corrected chi connectivity index (χ0v) is 7.93. The van der Waals surface area contributed by atoms with Crippen molar-refractivity contribution in [2.75, 3.05) is 0 Å². The van der Waals surface area contributed by atoms with Crippen LogP contribution in [0.3, 0.4) is 0 Å². The zero-order chi connectivity index (χ0) is 11.8. The highest BCUT2D eigenvalue weighted by Gasteiger charge is 2.31. The van der Waals surface area contributed by atoms with Gasteiger partial charge in [-0.3, -0.25) is 10.1 Å². The number of aromatic amines is 1. The molecular formula is C10H7F3N2O. The van der Waals surface area contributed by atoms with E-state index >= 15 is 0 Å². The van der Waals surface area contributed by atoms with Crippen molar-refractivity contribution in [2.45, 2.75) is 6.30 Å². The van der Waals surface area contributed by atoms with Crippen LogP contribution in [0.15, 0.2) is 30.5 Å². The summed E-state index contributed by atoms with van der Waals surface area (Å²) in [5.41, 5.74) is 0.365. The molecule has 2 rings (SSSR count). The molecule has 2 N–H and O–H groups in total. The Morgan fingerprint density at radius 3 is 2.69 bits per heavy atom. The molecule has 0 unspecified atom stereocenters. The minimum absolute atomic E-state index is 0.0279. The van der Waals surface area contributed by atoms with Crippen molar-refractivity contribution < 1.29 is 18.0 Å². The number of aromatic nitrogens is 1. The standard InChI is InChI=1S/C10H7F3N2O/c11-10(12,13)15-9(16)7-3-1-2-6-4-5-14-8(6)7/h1-5,14H,(H,15,16). The van der Waals surface area contributed by atoms with Gasteiger partial charge in [0.25, 0.3) is 5.91 Å². The van der Waals surface area contributed by atoms with E-state index in [4.69, 9.17) is 0 Å². The molecule has 2 aromatic rings. The first-order valence-electron chi connectivity index (χ1n) is 4.43. The predicted molar refractivity (Wildman–Crippen MR) is 51.8 cm³/mol. The number of alkyl halides is 3. The second kappa shape index (κ2) is 3.55. The Hall–Kier alpha value is -1.98. The number of H-pyrrole nitrogens is 1. The Kier molecular flexibility index (Phi) is 2.34. The molecule has 0 saturated carbocycles. The fraction of sp³-hybridized carbons (Fsp3) is 0.100. The molecule has 0 atom stereocenters. The molecule has 0 bridgehead atoms. The van der Waals surface area contributed by atoms with Crippen LogP contribution in [0.1, 0.15) is 10.4 Å². The average molecular weight is 228 g/mol. The van der Waals surface area contributed by atoms with Crippen LogP contribution in [0.4, 0.5) is 13.2 Å². The van der Waals surface area contributed by atoms with Gasteiger partial charge in [-0.2, -0.15) is 13.2 Å². The fourth-order valence-corrected chi connectivity index (χ4v) is 1.47. The maximum atomic E-state index is 12.0. The number of carbonyl (C=O) groups excluding carboxylic acids is 1. The summed E-state index contributed by atoms with van der Waals surface area (Å²) in [7, 11) is 0. The SMILES string of the molecule is O=C(NC(F)(F)F)c1cccc2cc[nH]c12. The van der Waals surface area contributed by atoms with Crippen LogP contribution in [0.25, 0.3) is 10.9 Å². The quantitative estimate of drug-likeness (QED) is 0.723. The number of nitrogens with one attached hydrogen (secondary N) is 2. The van der Waals surface area contributed by atoms with Gasteiger partial charge < -0.3 is 4.98 Å². The Morgan fingerprint density at radius 1 is 1.25 bits per heavy atom. The first-order chi connectivity index (χ1) is 7.47. The van der Waals surface area contributed by atoms with Crippen molar-refractivity contribution in [3.63, 3.8) is 0 Å². The van der Waals surface area contributed by atoms with Crippen LogP contribution in [-0.2, 0) is 0 Å². The number of halogens is 3. The maximum Gasteiger partial charge on any atom is 0.484 e. The fourth-order valence-electron chi connectivity index (χ4n) is 1.47. The molecule has 16 heavy (non-hydrogen) atoms. The Bertz CT molecular complexity index is 530. The molecule has 84 valence electrons. The maximum absolute atomic E-state index is 12.0. The number of amides is 1. The number of carbonyl (C=O) groups is 1. The molecule has 0 radical (unpaired) electrons. The van der Waals surface area contributed by atoms with Gasteiger partial charge in [-0.1, -0.05) is 12.1 Å². The molecule has 1 aromatic heterocycles. The monoisotopic (exact) mass is 228 g/mol. The molecule has 1 heterocycles. The van der Waals surface area contributed by atoms with Crippen molar-refractivity contribution in [3.8, 4) is 0 Å². The summed E-state index contributed by atoms with van der Waals surface area (Å²) in [6.45, 7) is 0. The van der Waals surface area contributed by atoms with Crippen LogP contribution in [0, 0.1) is 0 Å². The van der Waals surface area contributed by atoms with Gasteiger partial charge in [0.05, 0.1) is 11.1 Å². The summed E-state index contributed by atoms with van der Waals surface area (Å²) in [6, 6.07) is 6.25. The molecule has 1 amide bonds. The first kappa shape index (κ1) is 10.5. The van der Waals surface area contributed by atoms with Gasteiger partial charge in [0.1, 0.15) is 0 Å². The van der Waals surface area contributed by atoms with Gasteiger partial charge in [0.15, 0.2) is 0 Å². The third-order valence-corrected chi connectivity index (χ3v) is 2.09.